The Bertz CT molecular complexity index is 153. The van der Waals surface area contributed by atoms with Gasteiger partial charge in [0, 0.05) is 0 Å². The van der Waals surface area contributed by atoms with Crippen LogP contribution in [0.1, 0.15) is 86.0 Å². The van der Waals surface area contributed by atoms with E-state index >= 15 is 0 Å². The second kappa shape index (κ2) is 10.5. The van der Waals surface area contributed by atoms with Gasteiger partial charge in [-0.2, -0.15) is 0 Å². The highest BCUT2D eigenvalue weighted by atomic mass is 27.2. The van der Waals surface area contributed by atoms with Gasteiger partial charge in [0.2, 0.25) is 0 Å². The summed E-state index contributed by atoms with van der Waals surface area (Å²) < 4.78 is 0.791. The lowest BCUT2D eigenvalue weighted by molar-refractivity contribution is 0.454. The van der Waals surface area contributed by atoms with Crippen LogP contribution in [0.4, 0.5) is 0 Å². The normalized spacial score (nSPS) is 11.8. The zero-order valence-electron chi connectivity index (χ0n) is 13.1. The van der Waals surface area contributed by atoms with E-state index in [9.17, 15) is 0 Å². The molecule has 0 aromatic heterocycles. The summed E-state index contributed by atoms with van der Waals surface area (Å²) in [6.07, 6.45) is 11.6. The maximum Gasteiger partial charge on any atom is 0.269 e. The largest absolute Gasteiger partial charge is 0.269 e. The molecule has 0 saturated carbocycles. The van der Waals surface area contributed by atoms with Crippen LogP contribution in [0.3, 0.4) is 0 Å². The Hall–Kier alpha value is 0.532. The fourth-order valence-corrected chi connectivity index (χ4v) is 8.71. The van der Waals surface area contributed by atoms with Crippen LogP contribution in [0.2, 0.25) is 14.8 Å². The third kappa shape index (κ3) is 5.80. The van der Waals surface area contributed by atoms with Crippen molar-refractivity contribution in [1.82, 2.24) is 0 Å². The highest BCUT2D eigenvalue weighted by Gasteiger charge is 2.38. The summed E-state index contributed by atoms with van der Waals surface area (Å²) in [5, 5.41) is 3.22. The van der Waals surface area contributed by atoms with E-state index < -0.39 is 14.1 Å². The molecule has 0 aromatic carbocycles. The summed E-state index contributed by atoms with van der Waals surface area (Å²) in [5.74, 6) is 0. The minimum atomic E-state index is -0.537. The number of hydrogen-bond acceptors (Lipinski definition) is 0. The summed E-state index contributed by atoms with van der Waals surface area (Å²) in [4.78, 5) is 0. The van der Waals surface area contributed by atoms with E-state index in [0.29, 0.717) is 0 Å². The van der Waals surface area contributed by atoms with Crippen molar-refractivity contribution in [3.8, 4) is 0 Å². The van der Waals surface area contributed by atoms with Gasteiger partial charge in [-0.1, -0.05) is 101 Å². The molecule has 0 heterocycles. The molecule has 0 aromatic rings. The minimum absolute atomic E-state index is 0.537. The van der Waals surface area contributed by atoms with E-state index in [1.165, 1.54) is 51.4 Å². The molecular weight excluding hydrogens is 219 g/mol. The van der Waals surface area contributed by atoms with Gasteiger partial charge in [0.1, 0.15) is 0 Å². The molecule has 102 valence electrons. The van der Waals surface area contributed by atoms with Gasteiger partial charge in [0.15, 0.2) is 0 Å². The molecule has 0 rings (SSSR count). The lowest BCUT2D eigenvalue weighted by Crippen LogP contribution is -2.32. The first kappa shape index (κ1) is 17.5. The molecule has 1 heteroatoms. The lowest BCUT2D eigenvalue weighted by atomic mass is 9.96. The van der Waals surface area contributed by atoms with Crippen molar-refractivity contribution in [1.29, 1.82) is 0 Å². The van der Waals surface area contributed by atoms with E-state index in [2.05, 4.69) is 34.6 Å². The van der Waals surface area contributed by atoms with Gasteiger partial charge in [0.05, 0.1) is 0 Å². The van der Waals surface area contributed by atoms with E-state index in [4.69, 9.17) is 0 Å². The molecule has 0 fully saturated rings. The Labute approximate surface area is 115 Å². The van der Waals surface area contributed by atoms with Crippen molar-refractivity contribution in [3.63, 3.8) is 0 Å². The average Bonchev–Trinajstić information content (AvgIpc) is 2.37. The fraction of sp³-hybridized carbons (Fsp3) is 1.00. The molecule has 0 saturated heterocycles. The quantitative estimate of drug-likeness (QED) is 0.372. The Kier molecular flexibility index (Phi) is 10.8. The molecule has 0 aliphatic rings. The van der Waals surface area contributed by atoms with Crippen LogP contribution in [-0.4, -0.2) is 14.1 Å². The second-order valence-corrected chi connectivity index (χ2v) is 9.57. The number of unbranched alkanes of at least 4 members (excludes halogenated alkanes) is 2. The van der Waals surface area contributed by atoms with Crippen LogP contribution >= 0.6 is 0 Å². The van der Waals surface area contributed by atoms with Gasteiger partial charge in [-0.25, -0.2) is 0 Å². The van der Waals surface area contributed by atoms with Gasteiger partial charge in [-0.3, -0.25) is 0 Å². The van der Waals surface area contributed by atoms with Crippen molar-refractivity contribution in [2.24, 2.45) is 0 Å². The Morgan fingerprint density at radius 3 is 1.47 bits per heavy atom. The zero-order valence-corrected chi connectivity index (χ0v) is 14.3. The summed E-state index contributed by atoms with van der Waals surface area (Å²) in [6, 6.07) is 0. The molecule has 17 heavy (non-hydrogen) atoms. The van der Waals surface area contributed by atoms with Crippen molar-refractivity contribution >= 4 is 14.1 Å². The van der Waals surface area contributed by atoms with E-state index in [0.717, 1.165) is 4.28 Å². The second-order valence-electron chi connectivity index (χ2n) is 5.80. The molecule has 0 nitrogen and oxygen atoms in total. The van der Waals surface area contributed by atoms with Gasteiger partial charge >= 0.3 is 0 Å². The molecule has 0 aliphatic heterocycles. The van der Waals surface area contributed by atoms with Gasteiger partial charge in [-0.05, 0) is 0 Å². The monoisotopic (exact) mass is 254 g/mol. The maximum atomic E-state index is 2.46. The molecular formula is C16H35Al. The highest BCUT2D eigenvalue weighted by Crippen LogP contribution is 2.46. The van der Waals surface area contributed by atoms with Crippen molar-refractivity contribution in [3.05, 3.63) is 0 Å². The van der Waals surface area contributed by atoms with Crippen LogP contribution in [0.15, 0.2) is 0 Å². The summed E-state index contributed by atoms with van der Waals surface area (Å²) >= 11 is -0.537. The van der Waals surface area contributed by atoms with Gasteiger partial charge in [-0.15, -0.1) is 0 Å². The molecule has 0 radical (unpaired) electrons. The predicted molar refractivity (Wildman–Crippen MR) is 83.4 cm³/mol. The standard InChI is InChI=1S/C8H17.2C4H9.Al/c1-4-7-8(5-2)6-3;2*1-3-4-2;/h4-7H2,1-3H3;2*1,3-4H2,2H3;. The highest BCUT2D eigenvalue weighted by molar-refractivity contribution is 6.62. The third-order valence-corrected chi connectivity index (χ3v) is 9.88. The zero-order chi connectivity index (χ0) is 13.1. The number of rotatable bonds is 11. The molecule has 0 spiro atoms. The molecule has 0 unspecified atom stereocenters. The third-order valence-electron chi connectivity index (χ3n) is 4.83. The van der Waals surface area contributed by atoms with Gasteiger partial charge in [0.25, 0.3) is 14.1 Å². The van der Waals surface area contributed by atoms with Crippen molar-refractivity contribution in [2.45, 2.75) is 101 Å². The topological polar surface area (TPSA) is 0 Å². The predicted octanol–water partition coefficient (Wildman–Crippen LogP) is 6.44. The van der Waals surface area contributed by atoms with Gasteiger partial charge < -0.3 is 0 Å². The van der Waals surface area contributed by atoms with Crippen LogP contribution in [0, 0.1) is 0 Å². The van der Waals surface area contributed by atoms with E-state index in [-0.39, 0.29) is 0 Å². The van der Waals surface area contributed by atoms with Crippen LogP contribution in [0.25, 0.3) is 0 Å². The van der Waals surface area contributed by atoms with Crippen molar-refractivity contribution < 1.29 is 0 Å². The van der Waals surface area contributed by atoms with E-state index in [1.807, 2.05) is 0 Å². The molecule has 0 aliphatic carbocycles. The van der Waals surface area contributed by atoms with Crippen LogP contribution in [-0.2, 0) is 0 Å². The van der Waals surface area contributed by atoms with Crippen LogP contribution < -0.4 is 0 Å². The first-order chi connectivity index (χ1) is 8.20. The summed E-state index contributed by atoms with van der Waals surface area (Å²) in [6.45, 7) is 12.0. The first-order valence-corrected chi connectivity index (χ1v) is 10.4. The molecule has 0 amide bonds. The maximum absolute atomic E-state index is 2.46. The molecule has 0 bridgehead atoms. The lowest BCUT2D eigenvalue weighted by Gasteiger charge is -2.37. The van der Waals surface area contributed by atoms with Crippen LogP contribution in [0.5, 0.6) is 0 Å². The Morgan fingerprint density at radius 2 is 1.18 bits per heavy atom. The SMILES string of the molecule is CCC[CH2][Al]([CH2]CCC)[C](CC)(CC)CCC. The Morgan fingerprint density at radius 1 is 0.706 bits per heavy atom. The first-order valence-electron chi connectivity index (χ1n) is 8.20. The fourth-order valence-electron chi connectivity index (χ4n) is 3.54. The Balaban J connectivity index is 4.64. The summed E-state index contributed by atoms with van der Waals surface area (Å²) in [7, 11) is 0. The van der Waals surface area contributed by atoms with Crippen molar-refractivity contribution in [2.75, 3.05) is 0 Å². The summed E-state index contributed by atoms with van der Waals surface area (Å²) in [5.41, 5.74) is 0. The molecule has 0 atom stereocenters. The number of hydrogen-bond donors (Lipinski definition) is 0. The minimum Gasteiger partial charge on any atom is -0.0935 e. The van der Waals surface area contributed by atoms with E-state index in [1.54, 1.807) is 10.6 Å². The molecule has 0 N–H and O–H groups in total. The smallest absolute Gasteiger partial charge is 0.0935 e. The average molecular weight is 254 g/mol.